The van der Waals surface area contributed by atoms with Gasteiger partial charge >= 0.3 is 0 Å². The number of unbranched alkanes of at least 4 members (excludes halogenated alkanes) is 15. The van der Waals surface area contributed by atoms with E-state index in [4.69, 9.17) is 9.47 Å². The highest BCUT2D eigenvalue weighted by Gasteiger charge is 2.14. The summed E-state index contributed by atoms with van der Waals surface area (Å²) in [5.41, 5.74) is 0.603. The van der Waals surface area contributed by atoms with Crippen molar-refractivity contribution in [3.8, 4) is 11.5 Å². The van der Waals surface area contributed by atoms with Crippen molar-refractivity contribution in [2.45, 2.75) is 116 Å². The van der Waals surface area contributed by atoms with Crippen molar-refractivity contribution in [2.75, 3.05) is 40.9 Å². The summed E-state index contributed by atoms with van der Waals surface area (Å²) in [5, 5.41) is 0. The van der Waals surface area contributed by atoms with Crippen LogP contribution < -0.4 is 26.5 Å². The van der Waals surface area contributed by atoms with Gasteiger partial charge in [0, 0.05) is 12.0 Å². The predicted molar refractivity (Wildman–Crippen MR) is 150 cm³/mol. The number of methoxy groups -OCH3 is 1. The largest absolute Gasteiger partial charge is 1.00 e. The molecule has 0 fully saturated rings. The summed E-state index contributed by atoms with van der Waals surface area (Å²) >= 11 is 0. The van der Waals surface area contributed by atoms with Crippen LogP contribution in [0.2, 0.25) is 0 Å². The number of benzene rings is 1. The zero-order valence-corrected chi connectivity index (χ0v) is 25.6. The molecule has 0 bridgehead atoms. The lowest BCUT2D eigenvalue weighted by molar-refractivity contribution is -0.890. The van der Waals surface area contributed by atoms with Crippen LogP contribution in [0, 0.1) is 0 Å². The summed E-state index contributed by atoms with van der Waals surface area (Å²) in [7, 11) is 6.25. The Morgan fingerprint density at radius 3 is 1.64 bits per heavy atom. The van der Waals surface area contributed by atoms with Gasteiger partial charge < -0.3 is 30.9 Å². The lowest BCUT2D eigenvalue weighted by Crippen LogP contribution is -3.00. The quantitative estimate of drug-likeness (QED) is 0.0920. The normalized spacial score (nSPS) is 11.2. The summed E-state index contributed by atoms with van der Waals surface area (Å²) in [6.07, 6.45) is 24.5. The van der Waals surface area contributed by atoms with Crippen LogP contribution in [0.4, 0.5) is 0 Å². The summed E-state index contributed by atoms with van der Waals surface area (Å²) in [6, 6.07) is 5.31. The molecule has 0 spiro atoms. The molecule has 0 aliphatic heterocycles. The van der Waals surface area contributed by atoms with Gasteiger partial charge in [0.1, 0.15) is 6.29 Å². The molecule has 0 amide bonds. The molecule has 0 aliphatic carbocycles. The number of hydrogen-bond donors (Lipinski definition) is 0. The van der Waals surface area contributed by atoms with Crippen LogP contribution in [0.25, 0.3) is 0 Å². The van der Waals surface area contributed by atoms with Gasteiger partial charge in [-0.1, -0.05) is 96.8 Å². The van der Waals surface area contributed by atoms with Crippen molar-refractivity contribution in [1.29, 1.82) is 0 Å². The van der Waals surface area contributed by atoms with E-state index in [-0.39, 0.29) is 17.0 Å². The van der Waals surface area contributed by atoms with Gasteiger partial charge in [-0.25, -0.2) is 0 Å². The third-order valence-electron chi connectivity index (χ3n) is 7.11. The zero-order chi connectivity index (χ0) is 25.6. The SMILES string of the molecule is CCCCCCCCCCCCCCCCCC[N+](C)(C)CCCOc1ccc(C=O)cc1OC.[Br-]. The molecule has 0 saturated heterocycles. The summed E-state index contributed by atoms with van der Waals surface area (Å²) in [4.78, 5) is 10.9. The Labute approximate surface area is 233 Å². The van der Waals surface area contributed by atoms with Crippen molar-refractivity contribution in [1.82, 2.24) is 0 Å². The highest BCUT2D eigenvalue weighted by Crippen LogP contribution is 2.27. The molecule has 0 aromatic heterocycles. The molecule has 0 aliphatic rings. The van der Waals surface area contributed by atoms with Gasteiger partial charge in [-0.15, -0.1) is 0 Å². The molecule has 1 rings (SSSR count). The molecule has 0 saturated carbocycles. The van der Waals surface area contributed by atoms with Gasteiger partial charge in [-0.3, -0.25) is 4.79 Å². The van der Waals surface area contributed by atoms with E-state index < -0.39 is 0 Å². The van der Waals surface area contributed by atoms with Crippen molar-refractivity contribution < 1.29 is 35.7 Å². The first kappa shape index (κ1) is 34.9. The van der Waals surface area contributed by atoms with Crippen molar-refractivity contribution in [3.05, 3.63) is 23.8 Å². The number of hydrogen-bond acceptors (Lipinski definition) is 3. The third-order valence-corrected chi connectivity index (χ3v) is 7.11. The van der Waals surface area contributed by atoms with Crippen molar-refractivity contribution in [3.63, 3.8) is 0 Å². The average Bonchev–Trinajstić information content (AvgIpc) is 2.86. The fraction of sp³-hybridized carbons (Fsp3) is 0.774. The van der Waals surface area contributed by atoms with Gasteiger partial charge in [-0.2, -0.15) is 0 Å². The Hall–Kier alpha value is -1.07. The van der Waals surface area contributed by atoms with Crippen LogP contribution in [-0.4, -0.2) is 51.7 Å². The Kier molecular flexibility index (Phi) is 22.4. The fourth-order valence-corrected chi connectivity index (χ4v) is 4.75. The maximum absolute atomic E-state index is 10.9. The topological polar surface area (TPSA) is 35.5 Å². The zero-order valence-electron chi connectivity index (χ0n) is 24.0. The van der Waals surface area contributed by atoms with Crippen molar-refractivity contribution >= 4 is 6.29 Å². The van der Waals surface area contributed by atoms with Crippen LogP contribution >= 0.6 is 0 Å². The van der Waals surface area contributed by atoms with Crippen LogP contribution in [0.15, 0.2) is 18.2 Å². The number of halogens is 1. The number of rotatable bonds is 24. The van der Waals surface area contributed by atoms with Crippen LogP contribution in [0.3, 0.4) is 0 Å². The molecule has 5 heteroatoms. The molecule has 36 heavy (non-hydrogen) atoms. The maximum atomic E-state index is 10.9. The molecule has 0 atom stereocenters. The number of ether oxygens (including phenoxy) is 2. The standard InChI is InChI=1S/C31H56NO3.BrH/c1-5-6-7-8-9-10-11-12-13-14-15-16-17-18-19-20-24-32(2,3)25-21-26-35-30-23-22-29(28-33)27-31(30)34-4;/h22-23,27-28H,5-21,24-26H2,1-4H3;1H/q+1;/p-1. The summed E-state index contributed by atoms with van der Waals surface area (Å²) in [6.45, 7) is 5.29. The van der Waals surface area contributed by atoms with E-state index >= 15 is 0 Å². The number of carbonyl (C=O) groups excluding carboxylic acids is 1. The first-order valence-electron chi connectivity index (χ1n) is 14.6. The third kappa shape index (κ3) is 18.2. The van der Waals surface area contributed by atoms with E-state index in [2.05, 4.69) is 21.0 Å². The van der Waals surface area contributed by atoms with E-state index in [9.17, 15) is 4.79 Å². The fourth-order valence-electron chi connectivity index (χ4n) is 4.75. The molecule has 0 N–H and O–H groups in total. The number of quaternary nitrogens is 1. The monoisotopic (exact) mass is 569 g/mol. The van der Waals surface area contributed by atoms with Crippen LogP contribution in [-0.2, 0) is 0 Å². The Morgan fingerprint density at radius 1 is 0.694 bits per heavy atom. The molecular weight excluding hydrogens is 514 g/mol. The van der Waals surface area contributed by atoms with Gasteiger partial charge in [0.25, 0.3) is 0 Å². The van der Waals surface area contributed by atoms with E-state index in [1.807, 2.05) is 6.07 Å². The predicted octanol–water partition coefficient (Wildman–Crippen LogP) is 5.62. The molecule has 1 aromatic rings. The molecule has 0 radical (unpaired) electrons. The first-order chi connectivity index (χ1) is 17.0. The molecule has 0 heterocycles. The smallest absolute Gasteiger partial charge is 0.161 e. The minimum atomic E-state index is 0. The summed E-state index contributed by atoms with van der Waals surface area (Å²) < 4.78 is 12.3. The molecule has 0 unspecified atom stereocenters. The van der Waals surface area contributed by atoms with Gasteiger partial charge in [-0.05, 0) is 31.0 Å². The number of carbonyl (C=O) groups is 1. The van der Waals surface area contributed by atoms with E-state index in [0.717, 1.165) is 23.7 Å². The Bertz CT molecular complexity index is 651. The molecule has 1 aromatic carbocycles. The number of nitrogens with zero attached hydrogens (tertiary/aromatic N) is 1. The second-order valence-electron chi connectivity index (χ2n) is 10.9. The molecule has 4 nitrogen and oxygen atoms in total. The van der Waals surface area contributed by atoms with Gasteiger partial charge in [0.15, 0.2) is 11.5 Å². The molecular formula is C31H56BrNO3. The highest BCUT2D eigenvalue weighted by molar-refractivity contribution is 5.76. The van der Waals surface area contributed by atoms with E-state index in [1.54, 1.807) is 19.2 Å². The highest BCUT2D eigenvalue weighted by atomic mass is 79.9. The van der Waals surface area contributed by atoms with Crippen molar-refractivity contribution in [2.24, 2.45) is 0 Å². The Balaban J connectivity index is 0.0000122. The molecule has 210 valence electrons. The minimum Gasteiger partial charge on any atom is -1.00 e. The minimum absolute atomic E-state index is 0. The maximum Gasteiger partial charge on any atom is 0.161 e. The Morgan fingerprint density at radius 2 is 1.17 bits per heavy atom. The van der Waals surface area contributed by atoms with Crippen LogP contribution in [0.1, 0.15) is 126 Å². The van der Waals surface area contributed by atoms with Crippen LogP contribution in [0.5, 0.6) is 11.5 Å². The average molecular weight is 571 g/mol. The first-order valence-corrected chi connectivity index (χ1v) is 14.6. The lowest BCUT2D eigenvalue weighted by Gasteiger charge is -2.30. The van der Waals surface area contributed by atoms with E-state index in [0.29, 0.717) is 23.7 Å². The number of aldehydes is 1. The van der Waals surface area contributed by atoms with Gasteiger partial charge in [0.05, 0.1) is 40.9 Å². The van der Waals surface area contributed by atoms with Gasteiger partial charge in [0.2, 0.25) is 0 Å². The second kappa shape index (κ2) is 23.1. The second-order valence-corrected chi connectivity index (χ2v) is 10.9. The lowest BCUT2D eigenvalue weighted by atomic mass is 10.0. The van der Waals surface area contributed by atoms with E-state index in [1.165, 1.54) is 109 Å². The summed E-state index contributed by atoms with van der Waals surface area (Å²) in [5.74, 6) is 1.33.